The number of nitrogens with one attached hydrogen (secondary N) is 2. The predicted molar refractivity (Wildman–Crippen MR) is 105 cm³/mol. The van der Waals surface area contributed by atoms with Gasteiger partial charge in [-0.1, -0.05) is 11.1 Å². The van der Waals surface area contributed by atoms with Gasteiger partial charge in [0.1, 0.15) is 22.6 Å². The lowest BCUT2D eigenvalue weighted by Gasteiger charge is -2.30. The Kier molecular flexibility index (Phi) is 5.90. The van der Waals surface area contributed by atoms with Crippen LogP contribution in [0.4, 0.5) is 23.4 Å². The number of benzene rings is 1. The molecule has 0 saturated carbocycles. The van der Waals surface area contributed by atoms with E-state index < -0.39 is 17.7 Å². The highest BCUT2D eigenvalue weighted by Gasteiger charge is 2.34. The average molecular weight is 437 g/mol. The highest BCUT2D eigenvalue weighted by Crippen LogP contribution is 2.39. The van der Waals surface area contributed by atoms with Crippen molar-refractivity contribution in [3.8, 4) is 5.75 Å². The molecule has 0 saturated heterocycles. The van der Waals surface area contributed by atoms with Gasteiger partial charge in [-0.15, -0.1) is 4.99 Å². The summed E-state index contributed by atoms with van der Waals surface area (Å²) in [7, 11) is 1.63. The first-order valence-electron chi connectivity index (χ1n) is 9.79. The molecule has 164 valence electrons. The first-order valence-corrected chi connectivity index (χ1v) is 9.79. The Morgan fingerprint density at radius 1 is 1.35 bits per heavy atom. The number of aromatic amines is 2. The van der Waals surface area contributed by atoms with Crippen molar-refractivity contribution in [3.63, 3.8) is 0 Å². The van der Waals surface area contributed by atoms with Crippen LogP contribution >= 0.6 is 0 Å². The molecule has 1 unspecified atom stereocenters. The molecule has 0 spiro atoms. The van der Waals surface area contributed by atoms with Gasteiger partial charge in [-0.2, -0.15) is 13.2 Å². The number of nitrogens with zero attached hydrogens (tertiary/aromatic N) is 2. The molecule has 2 atom stereocenters. The SMILES string of the molecule is COCCC[C@H]1COc2cc(F)ccc2C1/C=N\c1[nH+]cnc2[nH]c(C(F)(F)F)cc12. The average Bonchev–Trinajstić information content (AvgIpc) is 3.18. The lowest BCUT2D eigenvalue weighted by Crippen LogP contribution is -2.27. The smallest absolute Gasteiger partial charge is 0.431 e. The molecule has 31 heavy (non-hydrogen) atoms. The Balaban J connectivity index is 1.69. The van der Waals surface area contributed by atoms with E-state index in [-0.39, 0.29) is 28.7 Å². The van der Waals surface area contributed by atoms with Crippen molar-refractivity contribution in [2.24, 2.45) is 10.9 Å². The van der Waals surface area contributed by atoms with E-state index in [1.807, 2.05) is 0 Å². The van der Waals surface area contributed by atoms with Crippen LogP contribution in [0.3, 0.4) is 0 Å². The fourth-order valence-corrected chi connectivity index (χ4v) is 3.79. The van der Waals surface area contributed by atoms with Crippen LogP contribution in [0.15, 0.2) is 35.6 Å². The third-order valence-electron chi connectivity index (χ3n) is 5.34. The summed E-state index contributed by atoms with van der Waals surface area (Å²) in [6, 6.07) is 5.34. The van der Waals surface area contributed by atoms with Gasteiger partial charge in [0.05, 0.1) is 12.8 Å². The predicted octanol–water partition coefficient (Wildman–Crippen LogP) is 4.46. The van der Waals surface area contributed by atoms with E-state index in [0.29, 0.717) is 19.0 Å². The highest BCUT2D eigenvalue weighted by molar-refractivity contribution is 5.87. The van der Waals surface area contributed by atoms with Crippen molar-refractivity contribution < 1.29 is 32.0 Å². The molecule has 6 nitrogen and oxygen atoms in total. The number of alkyl halides is 3. The molecule has 1 aliphatic rings. The molecule has 4 rings (SSSR count). The molecule has 0 aliphatic carbocycles. The van der Waals surface area contributed by atoms with Crippen LogP contribution in [0.1, 0.15) is 30.0 Å². The molecule has 2 N–H and O–H groups in total. The van der Waals surface area contributed by atoms with E-state index in [1.54, 1.807) is 19.4 Å². The van der Waals surface area contributed by atoms with Gasteiger partial charge < -0.3 is 14.5 Å². The standard InChI is InChI=1S/C21H20F4N4O2/c1-30-6-2-3-12-10-31-17-7-13(22)4-5-14(17)16(12)9-26-19-15-8-18(21(23,24)25)29-20(15)28-11-27-19/h4-5,7-9,11-12,16H,2-3,6,10H2,1H3,(H,27,28,29)/p+1/b26-9-/t12-,16?/m0/s1. The lowest BCUT2D eigenvalue weighted by molar-refractivity contribution is -0.365. The Morgan fingerprint density at radius 3 is 2.97 bits per heavy atom. The van der Waals surface area contributed by atoms with Crippen molar-refractivity contribution in [3.05, 3.63) is 47.7 Å². The summed E-state index contributed by atoms with van der Waals surface area (Å²) < 4.78 is 63.7. The summed E-state index contributed by atoms with van der Waals surface area (Å²) in [5.41, 5.74) is -0.0196. The van der Waals surface area contributed by atoms with Gasteiger partial charge in [0.15, 0.2) is 0 Å². The van der Waals surface area contributed by atoms with Crippen LogP contribution in [0, 0.1) is 11.7 Å². The number of hydrogen-bond donors (Lipinski definition) is 1. The number of ether oxygens (including phenoxy) is 2. The second-order valence-corrected chi connectivity index (χ2v) is 7.39. The molecule has 0 radical (unpaired) electrons. The van der Waals surface area contributed by atoms with Gasteiger partial charge in [0.2, 0.25) is 12.0 Å². The Labute approximate surface area is 175 Å². The zero-order valence-corrected chi connectivity index (χ0v) is 16.7. The lowest BCUT2D eigenvalue weighted by atomic mass is 9.82. The minimum Gasteiger partial charge on any atom is -0.493 e. The van der Waals surface area contributed by atoms with Gasteiger partial charge in [-0.25, -0.2) is 9.37 Å². The highest BCUT2D eigenvalue weighted by atomic mass is 19.4. The molecule has 0 fully saturated rings. The molecule has 3 aromatic rings. The fraction of sp³-hybridized carbons (Fsp3) is 0.381. The largest absolute Gasteiger partial charge is 0.493 e. The maximum Gasteiger partial charge on any atom is 0.431 e. The maximum atomic E-state index is 13.7. The molecular formula is C21H21F4N4O2+. The minimum atomic E-state index is -4.52. The summed E-state index contributed by atoms with van der Waals surface area (Å²) in [6.45, 7) is 0.980. The third kappa shape index (κ3) is 4.53. The number of fused-ring (bicyclic) bond motifs is 2. The monoisotopic (exact) mass is 437 g/mol. The maximum absolute atomic E-state index is 13.7. The first kappa shape index (κ1) is 21.2. The molecule has 1 aliphatic heterocycles. The summed E-state index contributed by atoms with van der Waals surface area (Å²) in [4.78, 5) is 13.5. The van der Waals surface area contributed by atoms with E-state index in [0.717, 1.165) is 24.5 Å². The fourth-order valence-electron chi connectivity index (χ4n) is 3.79. The second-order valence-electron chi connectivity index (χ2n) is 7.39. The van der Waals surface area contributed by atoms with E-state index in [4.69, 9.17) is 9.47 Å². The molecule has 3 heterocycles. The summed E-state index contributed by atoms with van der Waals surface area (Å²) in [5, 5.41) is 0.230. The van der Waals surface area contributed by atoms with Crippen LogP contribution < -0.4 is 9.72 Å². The summed E-state index contributed by atoms with van der Waals surface area (Å²) in [5.74, 6) is 0.167. The topological polar surface area (TPSA) is 73.6 Å². The molecule has 0 amide bonds. The van der Waals surface area contributed by atoms with Crippen molar-refractivity contribution in [2.45, 2.75) is 24.9 Å². The Morgan fingerprint density at radius 2 is 2.19 bits per heavy atom. The van der Waals surface area contributed by atoms with Crippen molar-refractivity contribution >= 4 is 23.1 Å². The minimum absolute atomic E-state index is 0.0613. The molecule has 10 heteroatoms. The molecule has 0 bridgehead atoms. The van der Waals surface area contributed by atoms with Crippen molar-refractivity contribution in [2.75, 3.05) is 20.3 Å². The number of rotatable bonds is 6. The van der Waals surface area contributed by atoms with E-state index >= 15 is 0 Å². The zero-order chi connectivity index (χ0) is 22.0. The van der Waals surface area contributed by atoms with Crippen molar-refractivity contribution in [1.82, 2.24) is 9.97 Å². The number of aliphatic imine (C=N–C) groups is 1. The number of aromatic nitrogens is 3. The van der Waals surface area contributed by atoms with E-state index in [9.17, 15) is 17.6 Å². The van der Waals surface area contributed by atoms with Crippen LogP contribution in [-0.2, 0) is 10.9 Å². The van der Waals surface area contributed by atoms with Crippen LogP contribution in [0.2, 0.25) is 0 Å². The van der Waals surface area contributed by atoms with E-state index in [1.165, 1.54) is 18.5 Å². The Hall–Kier alpha value is -3.01. The second kappa shape index (κ2) is 8.62. The van der Waals surface area contributed by atoms with Gasteiger partial charge in [-0.3, -0.25) is 0 Å². The Bertz CT molecular complexity index is 1100. The molecular weight excluding hydrogens is 416 g/mol. The first-order chi connectivity index (χ1) is 14.9. The number of hydrogen-bond acceptors (Lipinski definition) is 4. The molecule has 2 aromatic heterocycles. The number of methoxy groups -OCH3 is 1. The van der Waals surface area contributed by atoms with Gasteiger partial charge in [-0.05, 0) is 25.0 Å². The van der Waals surface area contributed by atoms with Crippen LogP contribution in [-0.4, -0.2) is 36.5 Å². The van der Waals surface area contributed by atoms with E-state index in [2.05, 4.69) is 19.9 Å². The summed E-state index contributed by atoms with van der Waals surface area (Å²) in [6.07, 6.45) is 0.0537. The number of H-pyrrole nitrogens is 2. The van der Waals surface area contributed by atoms with Crippen molar-refractivity contribution in [1.29, 1.82) is 0 Å². The summed E-state index contributed by atoms with van der Waals surface area (Å²) >= 11 is 0. The number of halogens is 4. The normalized spacial score (nSPS) is 19.0. The van der Waals surface area contributed by atoms with Gasteiger partial charge in [0, 0.05) is 37.2 Å². The van der Waals surface area contributed by atoms with Crippen LogP contribution in [0.5, 0.6) is 5.75 Å². The zero-order valence-electron chi connectivity index (χ0n) is 16.7. The third-order valence-corrected chi connectivity index (χ3v) is 5.34. The van der Waals surface area contributed by atoms with Gasteiger partial charge in [0.25, 0.3) is 5.82 Å². The van der Waals surface area contributed by atoms with Crippen LogP contribution in [0.25, 0.3) is 11.0 Å². The molecule has 1 aromatic carbocycles. The quantitative estimate of drug-likeness (QED) is 0.352. The van der Waals surface area contributed by atoms with Gasteiger partial charge >= 0.3 is 6.18 Å².